The summed E-state index contributed by atoms with van der Waals surface area (Å²) in [6, 6.07) is 9.40. The van der Waals surface area contributed by atoms with Crippen LogP contribution >= 0.6 is 0 Å². The maximum atomic E-state index is 12.1. The predicted octanol–water partition coefficient (Wildman–Crippen LogP) is 2.06. The monoisotopic (exact) mass is 342 g/mol. The fraction of sp³-hybridized carbons (Fsp3) is 0.421. The highest BCUT2D eigenvalue weighted by Crippen LogP contribution is 2.19. The van der Waals surface area contributed by atoms with Crippen LogP contribution in [0, 0.1) is 13.8 Å². The molecule has 0 aliphatic carbocycles. The maximum Gasteiger partial charge on any atom is 0.242 e. The van der Waals surface area contributed by atoms with Gasteiger partial charge in [-0.15, -0.1) is 0 Å². The summed E-state index contributed by atoms with van der Waals surface area (Å²) >= 11 is 0. The Morgan fingerprint density at radius 1 is 1.20 bits per heavy atom. The number of aromatic nitrogens is 2. The Labute approximate surface area is 148 Å². The molecular weight excluding hydrogens is 316 g/mol. The molecule has 1 atom stereocenters. The molecule has 0 aliphatic rings. The van der Waals surface area contributed by atoms with Crippen molar-refractivity contribution < 1.29 is 9.59 Å². The molecule has 0 saturated heterocycles. The van der Waals surface area contributed by atoms with E-state index in [0.717, 1.165) is 22.6 Å². The van der Waals surface area contributed by atoms with Crippen molar-refractivity contribution in [1.82, 2.24) is 20.4 Å². The summed E-state index contributed by atoms with van der Waals surface area (Å²) in [5.74, 6) is -0.301. The number of nitrogens with zero attached hydrogens (tertiary/aromatic N) is 2. The number of rotatable bonds is 7. The maximum absolute atomic E-state index is 12.1. The zero-order valence-electron chi connectivity index (χ0n) is 15.3. The Bertz CT molecular complexity index is 737. The van der Waals surface area contributed by atoms with Crippen molar-refractivity contribution in [3.05, 3.63) is 47.3 Å². The Kier molecular flexibility index (Phi) is 6.33. The number of benzene rings is 1. The van der Waals surface area contributed by atoms with Crippen molar-refractivity contribution in [1.29, 1.82) is 0 Å². The van der Waals surface area contributed by atoms with E-state index in [1.54, 1.807) is 6.92 Å². The Hall–Kier alpha value is -2.63. The second kappa shape index (κ2) is 8.46. The first kappa shape index (κ1) is 18.7. The molecule has 2 N–H and O–H groups in total. The third-order valence-electron chi connectivity index (χ3n) is 4.17. The third kappa shape index (κ3) is 4.68. The van der Waals surface area contributed by atoms with Crippen LogP contribution in [-0.4, -0.2) is 34.2 Å². The zero-order chi connectivity index (χ0) is 18.4. The minimum atomic E-state index is -0.526. The molecular formula is C19H26N4O2. The summed E-state index contributed by atoms with van der Waals surface area (Å²) in [5.41, 5.74) is 4.03. The Balaban J connectivity index is 2.01. The van der Waals surface area contributed by atoms with Crippen molar-refractivity contribution >= 4 is 11.8 Å². The first-order valence-corrected chi connectivity index (χ1v) is 8.61. The minimum absolute atomic E-state index is 0.134. The van der Waals surface area contributed by atoms with E-state index in [-0.39, 0.29) is 11.8 Å². The Morgan fingerprint density at radius 3 is 2.52 bits per heavy atom. The van der Waals surface area contributed by atoms with Gasteiger partial charge in [-0.2, -0.15) is 5.10 Å². The number of carbonyl (C=O) groups is 2. The third-order valence-corrected chi connectivity index (χ3v) is 4.17. The van der Waals surface area contributed by atoms with Gasteiger partial charge in [-0.3, -0.25) is 9.59 Å². The summed E-state index contributed by atoms with van der Waals surface area (Å²) in [6.45, 7) is 8.06. The summed E-state index contributed by atoms with van der Waals surface area (Å²) in [7, 11) is 0. The van der Waals surface area contributed by atoms with Crippen molar-refractivity contribution in [2.45, 2.75) is 46.6 Å². The highest BCUT2D eigenvalue weighted by Gasteiger charge is 2.17. The molecule has 0 bridgehead atoms. The lowest BCUT2D eigenvalue weighted by Crippen LogP contribution is -2.44. The van der Waals surface area contributed by atoms with Crippen LogP contribution in [0.15, 0.2) is 30.3 Å². The lowest BCUT2D eigenvalue weighted by molar-refractivity contribution is -0.128. The fourth-order valence-corrected chi connectivity index (χ4v) is 2.80. The standard InChI is InChI=1S/C19H26N4O2/c1-5-20-19(25)14(3)21-18(24)12-11-17-13(2)22-23(15(17)4)16-9-7-6-8-10-16/h6-10,14H,5,11-12H2,1-4H3,(H,20,25)(H,21,24)/t14-/m0/s1. The van der Waals surface area contributed by atoms with Gasteiger partial charge in [-0.25, -0.2) is 4.68 Å². The van der Waals surface area contributed by atoms with E-state index in [1.807, 2.05) is 55.8 Å². The predicted molar refractivity (Wildman–Crippen MR) is 97.6 cm³/mol. The van der Waals surface area contributed by atoms with E-state index >= 15 is 0 Å². The molecule has 0 radical (unpaired) electrons. The number of hydrogen-bond acceptors (Lipinski definition) is 3. The molecule has 1 heterocycles. The molecule has 0 aliphatic heterocycles. The van der Waals surface area contributed by atoms with Crippen LogP contribution in [0.3, 0.4) is 0 Å². The average Bonchev–Trinajstić information content (AvgIpc) is 2.88. The summed E-state index contributed by atoms with van der Waals surface area (Å²) < 4.78 is 1.90. The van der Waals surface area contributed by atoms with Gasteiger partial charge < -0.3 is 10.6 Å². The molecule has 0 saturated carbocycles. The van der Waals surface area contributed by atoms with Crippen molar-refractivity contribution in [2.24, 2.45) is 0 Å². The highest BCUT2D eigenvalue weighted by atomic mass is 16.2. The normalized spacial score (nSPS) is 11.8. The molecule has 2 rings (SSSR count). The van der Waals surface area contributed by atoms with Crippen molar-refractivity contribution in [3.8, 4) is 5.69 Å². The highest BCUT2D eigenvalue weighted by molar-refractivity contribution is 5.87. The Morgan fingerprint density at radius 2 is 1.88 bits per heavy atom. The molecule has 0 spiro atoms. The quantitative estimate of drug-likeness (QED) is 0.809. The molecule has 1 aromatic heterocycles. The topological polar surface area (TPSA) is 76.0 Å². The van der Waals surface area contributed by atoms with Crippen LogP contribution in [-0.2, 0) is 16.0 Å². The SMILES string of the molecule is CCNC(=O)[C@H](C)NC(=O)CCc1c(C)nn(-c2ccccc2)c1C. The number of carbonyl (C=O) groups excluding carboxylic acids is 2. The lowest BCUT2D eigenvalue weighted by atomic mass is 10.1. The molecule has 6 heteroatoms. The van der Waals surface area contributed by atoms with Gasteiger partial charge in [0, 0.05) is 18.7 Å². The molecule has 0 fully saturated rings. The van der Waals surface area contributed by atoms with E-state index in [9.17, 15) is 9.59 Å². The number of para-hydroxylation sites is 1. The van der Waals surface area contributed by atoms with Gasteiger partial charge in [0.15, 0.2) is 0 Å². The average molecular weight is 342 g/mol. The van der Waals surface area contributed by atoms with E-state index in [0.29, 0.717) is 19.4 Å². The van der Waals surface area contributed by atoms with Crippen LogP contribution in [0.4, 0.5) is 0 Å². The van der Waals surface area contributed by atoms with Crippen LogP contribution < -0.4 is 10.6 Å². The number of hydrogen-bond donors (Lipinski definition) is 2. The van der Waals surface area contributed by atoms with Gasteiger partial charge in [-0.1, -0.05) is 18.2 Å². The van der Waals surface area contributed by atoms with E-state index in [4.69, 9.17) is 0 Å². The van der Waals surface area contributed by atoms with Crippen molar-refractivity contribution in [3.63, 3.8) is 0 Å². The number of amides is 2. The van der Waals surface area contributed by atoms with Gasteiger partial charge in [0.1, 0.15) is 6.04 Å². The number of nitrogens with one attached hydrogen (secondary N) is 2. The van der Waals surface area contributed by atoms with Gasteiger partial charge >= 0.3 is 0 Å². The smallest absolute Gasteiger partial charge is 0.242 e. The number of aryl methyl sites for hydroxylation is 1. The van der Waals surface area contributed by atoms with Gasteiger partial charge in [-0.05, 0) is 51.8 Å². The molecule has 2 aromatic rings. The molecule has 1 aromatic carbocycles. The second-order valence-corrected chi connectivity index (χ2v) is 6.08. The first-order valence-electron chi connectivity index (χ1n) is 8.61. The second-order valence-electron chi connectivity index (χ2n) is 6.08. The molecule has 2 amide bonds. The molecule has 25 heavy (non-hydrogen) atoms. The van der Waals surface area contributed by atoms with Crippen LogP contribution in [0.2, 0.25) is 0 Å². The van der Waals surface area contributed by atoms with E-state index in [1.165, 1.54) is 0 Å². The van der Waals surface area contributed by atoms with Crippen LogP contribution in [0.5, 0.6) is 0 Å². The number of likely N-dealkylation sites (N-methyl/N-ethyl adjacent to an activating group) is 1. The summed E-state index contributed by atoms with van der Waals surface area (Å²) in [6.07, 6.45) is 0.921. The van der Waals surface area contributed by atoms with Crippen LogP contribution in [0.25, 0.3) is 5.69 Å². The van der Waals surface area contributed by atoms with E-state index in [2.05, 4.69) is 15.7 Å². The van der Waals surface area contributed by atoms with Crippen molar-refractivity contribution in [2.75, 3.05) is 6.54 Å². The summed E-state index contributed by atoms with van der Waals surface area (Å²) in [4.78, 5) is 23.8. The molecule has 6 nitrogen and oxygen atoms in total. The van der Waals surface area contributed by atoms with Gasteiger partial charge in [0.05, 0.1) is 11.4 Å². The zero-order valence-corrected chi connectivity index (χ0v) is 15.3. The van der Waals surface area contributed by atoms with Gasteiger partial charge in [0.25, 0.3) is 0 Å². The van der Waals surface area contributed by atoms with Crippen LogP contribution in [0.1, 0.15) is 37.2 Å². The van der Waals surface area contributed by atoms with Gasteiger partial charge in [0.2, 0.25) is 11.8 Å². The lowest BCUT2D eigenvalue weighted by Gasteiger charge is -2.13. The largest absolute Gasteiger partial charge is 0.355 e. The fourth-order valence-electron chi connectivity index (χ4n) is 2.80. The summed E-state index contributed by atoms with van der Waals surface area (Å²) in [5, 5.41) is 10.0. The first-order chi connectivity index (χ1) is 11.9. The molecule has 0 unspecified atom stereocenters. The minimum Gasteiger partial charge on any atom is -0.355 e. The molecule has 134 valence electrons. The van der Waals surface area contributed by atoms with E-state index < -0.39 is 6.04 Å².